The van der Waals surface area contributed by atoms with E-state index in [9.17, 15) is 9.59 Å². The maximum absolute atomic E-state index is 12.9. The molecule has 1 aliphatic carbocycles. The van der Waals surface area contributed by atoms with Crippen LogP contribution in [0.25, 0.3) is 0 Å². The summed E-state index contributed by atoms with van der Waals surface area (Å²) in [5.74, 6) is -0.890. The van der Waals surface area contributed by atoms with Gasteiger partial charge >= 0.3 is 0 Å². The van der Waals surface area contributed by atoms with Crippen molar-refractivity contribution in [1.29, 1.82) is 5.26 Å². The van der Waals surface area contributed by atoms with Crippen LogP contribution >= 0.6 is 0 Å². The smallest absolute Gasteiger partial charge is 0.173 e. The number of Topliss-reactive ketones (excluding diaryl/α,β-unsaturated/α-hetero) is 2. The number of allylic oxidation sites excluding steroid dienone is 2. The Labute approximate surface area is 153 Å². The Balaban J connectivity index is 1.92. The van der Waals surface area contributed by atoms with E-state index in [2.05, 4.69) is 11.1 Å². The summed E-state index contributed by atoms with van der Waals surface area (Å²) in [5.41, 5.74) is 5.55. The van der Waals surface area contributed by atoms with Gasteiger partial charge in [-0.25, -0.2) is 0 Å². The summed E-state index contributed by atoms with van der Waals surface area (Å²) in [4.78, 5) is 29.7. The van der Waals surface area contributed by atoms with Crippen molar-refractivity contribution in [3.8, 4) is 6.07 Å². The number of aromatic nitrogens is 1. The van der Waals surface area contributed by atoms with Crippen LogP contribution < -0.4 is 0 Å². The highest BCUT2D eigenvalue weighted by atomic mass is 16.2. The van der Waals surface area contributed by atoms with Gasteiger partial charge in [0.25, 0.3) is 0 Å². The largest absolute Gasteiger partial charge is 0.298 e. The average molecular weight is 344 g/mol. The normalized spacial score (nSPS) is 18.4. The third-order valence-corrected chi connectivity index (χ3v) is 4.84. The number of hydrogen-bond acceptors (Lipinski definition) is 4. The molecular formula is C22H20N2O2. The van der Waals surface area contributed by atoms with Gasteiger partial charge in [-0.2, -0.15) is 5.26 Å². The first kappa shape index (κ1) is 17.8. The number of benzene rings is 1. The number of carbonyl (C=O) groups is 2. The second-order valence-corrected chi connectivity index (χ2v) is 6.80. The molecule has 1 atom stereocenters. The standard InChI is InChI=1S/C22H20N2O2/c1-13-9-14(2)20(15(3)10-13)21-19(25)11-16(22(21)26)6-7-18-17(12-23)5-4-8-24-18/h4-6,8-10,21H,7,11H2,1-3H3/b16-6+. The van der Waals surface area contributed by atoms with Crippen molar-refractivity contribution >= 4 is 11.6 Å². The zero-order valence-corrected chi connectivity index (χ0v) is 15.2. The molecule has 1 aromatic carbocycles. The summed E-state index contributed by atoms with van der Waals surface area (Å²) in [5, 5.41) is 9.15. The number of pyridine rings is 1. The van der Waals surface area contributed by atoms with Crippen molar-refractivity contribution in [2.45, 2.75) is 39.5 Å². The number of ketones is 2. The van der Waals surface area contributed by atoms with Crippen LogP contribution in [0.15, 0.2) is 42.1 Å². The monoisotopic (exact) mass is 344 g/mol. The summed E-state index contributed by atoms with van der Waals surface area (Å²) >= 11 is 0. The molecule has 0 N–H and O–H groups in total. The van der Waals surface area contributed by atoms with Gasteiger partial charge in [-0.1, -0.05) is 23.8 Å². The van der Waals surface area contributed by atoms with Crippen molar-refractivity contribution in [2.24, 2.45) is 0 Å². The zero-order chi connectivity index (χ0) is 18.8. The van der Waals surface area contributed by atoms with Gasteiger partial charge in [-0.05, 0) is 49.6 Å². The minimum Gasteiger partial charge on any atom is -0.298 e. The second-order valence-electron chi connectivity index (χ2n) is 6.80. The van der Waals surface area contributed by atoms with Gasteiger partial charge in [-0.15, -0.1) is 0 Å². The molecule has 4 nitrogen and oxygen atoms in total. The molecular weight excluding hydrogens is 324 g/mol. The summed E-state index contributed by atoms with van der Waals surface area (Å²) in [6.45, 7) is 5.91. The molecule has 0 aliphatic heterocycles. The fourth-order valence-electron chi connectivity index (χ4n) is 3.74. The van der Waals surface area contributed by atoms with Gasteiger partial charge in [0, 0.05) is 24.6 Å². The van der Waals surface area contributed by atoms with E-state index < -0.39 is 5.92 Å². The third kappa shape index (κ3) is 3.21. The van der Waals surface area contributed by atoms with Crippen LogP contribution in [0.5, 0.6) is 0 Å². The van der Waals surface area contributed by atoms with Crippen LogP contribution in [0.3, 0.4) is 0 Å². The van der Waals surface area contributed by atoms with E-state index in [0.29, 0.717) is 23.3 Å². The lowest BCUT2D eigenvalue weighted by atomic mass is 9.87. The van der Waals surface area contributed by atoms with Crippen LogP contribution in [0, 0.1) is 32.1 Å². The van der Waals surface area contributed by atoms with Gasteiger partial charge in [0.1, 0.15) is 12.0 Å². The lowest BCUT2D eigenvalue weighted by Gasteiger charge is -2.15. The highest BCUT2D eigenvalue weighted by Gasteiger charge is 2.39. The predicted octanol–water partition coefficient (Wildman–Crippen LogP) is 3.67. The first-order valence-corrected chi connectivity index (χ1v) is 8.60. The molecule has 4 heteroatoms. The maximum Gasteiger partial charge on any atom is 0.173 e. The van der Waals surface area contributed by atoms with Crippen LogP contribution in [-0.2, 0) is 16.0 Å². The van der Waals surface area contributed by atoms with Crippen molar-refractivity contribution in [2.75, 3.05) is 0 Å². The van der Waals surface area contributed by atoms with Crippen molar-refractivity contribution < 1.29 is 9.59 Å². The van der Waals surface area contributed by atoms with E-state index in [1.54, 1.807) is 24.4 Å². The summed E-state index contributed by atoms with van der Waals surface area (Å²) in [7, 11) is 0. The average Bonchev–Trinajstić information content (AvgIpc) is 2.87. The molecule has 1 unspecified atom stereocenters. The Morgan fingerprint density at radius 3 is 2.58 bits per heavy atom. The second kappa shape index (κ2) is 7.05. The predicted molar refractivity (Wildman–Crippen MR) is 98.8 cm³/mol. The maximum atomic E-state index is 12.9. The number of hydrogen-bond donors (Lipinski definition) is 0. The first-order chi connectivity index (χ1) is 12.4. The molecule has 1 heterocycles. The molecule has 1 saturated carbocycles. The van der Waals surface area contributed by atoms with Crippen LogP contribution in [-0.4, -0.2) is 16.6 Å². The molecule has 1 aliphatic rings. The van der Waals surface area contributed by atoms with Crippen LogP contribution in [0.2, 0.25) is 0 Å². The fourth-order valence-corrected chi connectivity index (χ4v) is 3.74. The number of nitriles is 1. The highest BCUT2D eigenvalue weighted by molar-refractivity contribution is 6.23. The van der Waals surface area contributed by atoms with Crippen molar-refractivity contribution in [3.63, 3.8) is 0 Å². The molecule has 1 aromatic heterocycles. The molecule has 0 spiro atoms. The zero-order valence-electron chi connectivity index (χ0n) is 15.2. The van der Waals surface area contributed by atoms with Gasteiger partial charge in [0.15, 0.2) is 11.6 Å². The van der Waals surface area contributed by atoms with Gasteiger partial charge in [0.2, 0.25) is 0 Å². The SMILES string of the molecule is Cc1cc(C)c(C2C(=O)C/C(=C\Cc3ncccc3C#N)C2=O)c(C)c1. The van der Waals surface area contributed by atoms with Crippen LogP contribution in [0.1, 0.15) is 45.8 Å². The Morgan fingerprint density at radius 2 is 1.92 bits per heavy atom. The molecule has 26 heavy (non-hydrogen) atoms. The van der Waals surface area contributed by atoms with Gasteiger partial charge < -0.3 is 0 Å². The minimum atomic E-state index is -0.707. The van der Waals surface area contributed by atoms with E-state index in [1.807, 2.05) is 32.9 Å². The summed E-state index contributed by atoms with van der Waals surface area (Å²) in [6.07, 6.45) is 3.89. The molecule has 2 aromatic rings. The Hall–Kier alpha value is -3.06. The Kier molecular flexibility index (Phi) is 4.81. The van der Waals surface area contributed by atoms with E-state index in [-0.39, 0.29) is 18.0 Å². The van der Waals surface area contributed by atoms with Gasteiger partial charge in [0.05, 0.1) is 11.3 Å². The van der Waals surface area contributed by atoms with Crippen molar-refractivity contribution in [1.82, 2.24) is 4.98 Å². The lowest BCUT2D eigenvalue weighted by molar-refractivity contribution is -0.123. The summed E-state index contributed by atoms with van der Waals surface area (Å²) < 4.78 is 0. The van der Waals surface area contributed by atoms with Gasteiger partial charge in [-0.3, -0.25) is 14.6 Å². The molecule has 130 valence electrons. The summed E-state index contributed by atoms with van der Waals surface area (Å²) in [6, 6.07) is 9.53. The number of carbonyl (C=O) groups excluding carboxylic acids is 2. The van der Waals surface area contributed by atoms with E-state index >= 15 is 0 Å². The highest BCUT2D eigenvalue weighted by Crippen LogP contribution is 2.36. The minimum absolute atomic E-state index is 0.0576. The number of rotatable bonds is 3. The van der Waals surface area contributed by atoms with Crippen molar-refractivity contribution in [3.05, 3.63) is 75.6 Å². The fraction of sp³-hybridized carbons (Fsp3) is 0.273. The van der Waals surface area contributed by atoms with E-state index in [4.69, 9.17) is 5.26 Å². The number of aryl methyl sites for hydroxylation is 3. The Bertz CT molecular complexity index is 957. The molecule has 0 amide bonds. The van der Waals surface area contributed by atoms with E-state index in [1.165, 1.54) is 0 Å². The lowest BCUT2D eigenvalue weighted by Crippen LogP contribution is -2.15. The third-order valence-electron chi connectivity index (χ3n) is 4.84. The molecule has 1 fully saturated rings. The number of nitrogens with zero attached hydrogens (tertiary/aromatic N) is 2. The quantitative estimate of drug-likeness (QED) is 0.629. The molecule has 0 radical (unpaired) electrons. The molecule has 0 bridgehead atoms. The first-order valence-electron chi connectivity index (χ1n) is 8.60. The Morgan fingerprint density at radius 1 is 1.23 bits per heavy atom. The topological polar surface area (TPSA) is 70.8 Å². The van der Waals surface area contributed by atoms with Crippen LogP contribution in [0.4, 0.5) is 0 Å². The van der Waals surface area contributed by atoms with E-state index in [0.717, 1.165) is 22.3 Å². The molecule has 3 rings (SSSR count). The molecule has 0 saturated heterocycles.